The van der Waals surface area contributed by atoms with Gasteiger partial charge in [0.25, 0.3) is 0 Å². The fraction of sp³-hybridized carbons (Fsp3) is 0.471. The summed E-state index contributed by atoms with van der Waals surface area (Å²) in [6, 6.07) is 3.05. The van der Waals surface area contributed by atoms with Crippen LogP contribution in [0.25, 0.3) is 0 Å². The van der Waals surface area contributed by atoms with Crippen molar-refractivity contribution < 1.29 is 27.4 Å². The van der Waals surface area contributed by atoms with Gasteiger partial charge in [-0.1, -0.05) is 12.2 Å². The Morgan fingerprint density at radius 2 is 2.08 bits per heavy atom. The van der Waals surface area contributed by atoms with Gasteiger partial charge in [-0.3, -0.25) is 4.79 Å². The predicted molar refractivity (Wildman–Crippen MR) is 83.9 cm³/mol. The van der Waals surface area contributed by atoms with E-state index in [0.717, 1.165) is 18.6 Å². The maximum absolute atomic E-state index is 12.9. The third kappa shape index (κ3) is 4.99. The minimum atomic E-state index is -4.49. The Morgan fingerprint density at radius 3 is 2.71 bits per heavy atom. The van der Waals surface area contributed by atoms with Gasteiger partial charge in [0.15, 0.2) is 0 Å². The van der Waals surface area contributed by atoms with Crippen LogP contribution >= 0.6 is 0 Å². The fourth-order valence-corrected chi connectivity index (χ4v) is 2.43. The molecule has 0 saturated carbocycles. The maximum Gasteiger partial charge on any atom is 0.416 e. The van der Waals surface area contributed by atoms with E-state index in [1.54, 1.807) is 0 Å². The standard InChI is InChI=1S/C17H20F3NO3/c1-23-9-10-24-15-8-7-13(17(18,19)20)11-14(15)21-16(22)12-5-3-2-4-6-12/h2-3,7-8,11-12H,4-6,9-10H2,1H3,(H,21,22). The second-order valence-corrected chi connectivity index (χ2v) is 5.52. The summed E-state index contributed by atoms with van der Waals surface area (Å²) in [6.45, 7) is 0.471. The molecule has 0 fully saturated rings. The largest absolute Gasteiger partial charge is 0.489 e. The zero-order valence-corrected chi connectivity index (χ0v) is 13.4. The molecule has 0 aliphatic heterocycles. The summed E-state index contributed by atoms with van der Waals surface area (Å²) < 4.78 is 49.0. The van der Waals surface area contributed by atoms with Crippen molar-refractivity contribution in [1.82, 2.24) is 0 Å². The number of anilines is 1. The maximum atomic E-state index is 12.9. The smallest absolute Gasteiger partial charge is 0.416 e. The van der Waals surface area contributed by atoms with Crippen molar-refractivity contribution in [3.05, 3.63) is 35.9 Å². The van der Waals surface area contributed by atoms with Gasteiger partial charge in [0.05, 0.1) is 17.9 Å². The van der Waals surface area contributed by atoms with Crippen molar-refractivity contribution in [2.24, 2.45) is 5.92 Å². The summed E-state index contributed by atoms with van der Waals surface area (Å²) in [6.07, 6.45) is 1.48. The molecule has 0 bridgehead atoms. The quantitative estimate of drug-likeness (QED) is 0.627. The van der Waals surface area contributed by atoms with Crippen LogP contribution in [0.1, 0.15) is 24.8 Å². The third-order valence-corrected chi connectivity index (χ3v) is 3.75. The molecule has 0 saturated heterocycles. The lowest BCUT2D eigenvalue weighted by atomic mass is 9.93. The van der Waals surface area contributed by atoms with Gasteiger partial charge in [-0.05, 0) is 37.5 Å². The van der Waals surface area contributed by atoms with Crippen LogP contribution in [0.15, 0.2) is 30.4 Å². The van der Waals surface area contributed by atoms with Gasteiger partial charge in [0, 0.05) is 13.0 Å². The molecule has 1 unspecified atom stereocenters. The zero-order chi connectivity index (χ0) is 17.6. The van der Waals surface area contributed by atoms with Crippen molar-refractivity contribution in [3.63, 3.8) is 0 Å². The first-order chi connectivity index (χ1) is 11.4. The lowest BCUT2D eigenvalue weighted by Crippen LogP contribution is -2.24. The van der Waals surface area contributed by atoms with Crippen LogP contribution in [0.2, 0.25) is 0 Å². The minimum absolute atomic E-state index is 0.0282. The molecule has 1 aliphatic carbocycles. The number of nitrogens with one attached hydrogen (secondary N) is 1. The summed E-state index contributed by atoms with van der Waals surface area (Å²) in [5, 5.41) is 2.58. The normalized spacial score (nSPS) is 17.6. The number of methoxy groups -OCH3 is 1. The number of alkyl halides is 3. The van der Waals surface area contributed by atoms with E-state index in [4.69, 9.17) is 9.47 Å². The number of ether oxygens (including phenoxy) is 2. The number of hydrogen-bond donors (Lipinski definition) is 1. The molecule has 0 spiro atoms. The van der Waals surface area contributed by atoms with Crippen molar-refractivity contribution >= 4 is 11.6 Å². The molecule has 4 nitrogen and oxygen atoms in total. The topological polar surface area (TPSA) is 47.6 Å². The second kappa shape index (κ2) is 8.19. The molecule has 0 heterocycles. The van der Waals surface area contributed by atoms with E-state index in [-0.39, 0.29) is 29.9 Å². The van der Waals surface area contributed by atoms with Gasteiger partial charge in [-0.25, -0.2) is 0 Å². The summed E-state index contributed by atoms with van der Waals surface area (Å²) in [4.78, 5) is 12.3. The van der Waals surface area contributed by atoms with Gasteiger partial charge < -0.3 is 14.8 Å². The first kappa shape index (κ1) is 18.3. The number of amides is 1. The first-order valence-electron chi connectivity index (χ1n) is 7.70. The van der Waals surface area contributed by atoms with E-state index >= 15 is 0 Å². The molecule has 7 heteroatoms. The number of carbonyl (C=O) groups excluding carboxylic acids is 1. The Morgan fingerprint density at radius 1 is 1.29 bits per heavy atom. The Labute approximate surface area is 138 Å². The number of hydrogen-bond acceptors (Lipinski definition) is 3. The number of rotatable bonds is 6. The Hall–Kier alpha value is -2.02. The number of benzene rings is 1. The monoisotopic (exact) mass is 343 g/mol. The molecule has 0 radical (unpaired) electrons. The summed E-state index contributed by atoms with van der Waals surface area (Å²) in [5.74, 6) is -0.341. The fourth-order valence-electron chi connectivity index (χ4n) is 2.43. The van der Waals surface area contributed by atoms with E-state index in [9.17, 15) is 18.0 Å². The molecule has 1 aromatic rings. The Balaban J connectivity index is 2.19. The summed E-state index contributed by atoms with van der Waals surface area (Å²) in [7, 11) is 1.50. The first-order valence-corrected chi connectivity index (χ1v) is 7.70. The Kier molecular flexibility index (Phi) is 6.25. The highest BCUT2D eigenvalue weighted by molar-refractivity contribution is 5.94. The molecule has 1 aromatic carbocycles. The molecule has 1 amide bonds. The van der Waals surface area contributed by atoms with E-state index < -0.39 is 11.7 Å². The van der Waals surface area contributed by atoms with Crippen LogP contribution in [0.5, 0.6) is 5.75 Å². The van der Waals surface area contributed by atoms with Gasteiger partial charge >= 0.3 is 6.18 Å². The van der Waals surface area contributed by atoms with Gasteiger partial charge in [0.1, 0.15) is 12.4 Å². The highest BCUT2D eigenvalue weighted by atomic mass is 19.4. The third-order valence-electron chi connectivity index (χ3n) is 3.75. The van der Waals surface area contributed by atoms with Gasteiger partial charge in [0.2, 0.25) is 5.91 Å². The van der Waals surface area contributed by atoms with E-state index in [0.29, 0.717) is 19.4 Å². The summed E-state index contributed by atoms with van der Waals surface area (Å²) >= 11 is 0. The molecule has 24 heavy (non-hydrogen) atoms. The summed E-state index contributed by atoms with van der Waals surface area (Å²) in [5.41, 5.74) is -0.805. The van der Waals surface area contributed by atoms with Crippen LogP contribution < -0.4 is 10.1 Å². The van der Waals surface area contributed by atoms with E-state index in [1.165, 1.54) is 13.2 Å². The van der Waals surface area contributed by atoms with Gasteiger partial charge in [-0.2, -0.15) is 13.2 Å². The average molecular weight is 343 g/mol. The second-order valence-electron chi connectivity index (χ2n) is 5.52. The molecular formula is C17H20F3NO3. The minimum Gasteiger partial charge on any atom is -0.489 e. The predicted octanol–water partition coefficient (Wildman–Crippen LogP) is 4.03. The average Bonchev–Trinajstić information content (AvgIpc) is 2.56. The molecule has 1 aliphatic rings. The van der Waals surface area contributed by atoms with Crippen molar-refractivity contribution in [2.45, 2.75) is 25.4 Å². The lowest BCUT2D eigenvalue weighted by Gasteiger charge is -2.20. The van der Waals surface area contributed by atoms with E-state index in [1.807, 2.05) is 12.2 Å². The molecular weight excluding hydrogens is 323 g/mol. The Bertz CT molecular complexity index is 599. The van der Waals surface area contributed by atoms with Crippen LogP contribution in [0, 0.1) is 5.92 Å². The van der Waals surface area contributed by atoms with Crippen LogP contribution in [-0.2, 0) is 15.7 Å². The van der Waals surface area contributed by atoms with Gasteiger partial charge in [-0.15, -0.1) is 0 Å². The molecule has 0 aromatic heterocycles. The number of allylic oxidation sites excluding steroid dienone is 2. The molecule has 2 rings (SSSR count). The molecule has 132 valence electrons. The highest BCUT2D eigenvalue weighted by Gasteiger charge is 2.31. The SMILES string of the molecule is COCCOc1ccc(C(F)(F)F)cc1NC(=O)C1CC=CCC1. The number of carbonyl (C=O) groups is 1. The van der Waals surface area contributed by atoms with Crippen molar-refractivity contribution in [2.75, 3.05) is 25.6 Å². The van der Waals surface area contributed by atoms with Crippen LogP contribution in [-0.4, -0.2) is 26.2 Å². The van der Waals surface area contributed by atoms with Crippen molar-refractivity contribution in [3.8, 4) is 5.75 Å². The molecule has 1 N–H and O–H groups in total. The van der Waals surface area contributed by atoms with Crippen molar-refractivity contribution in [1.29, 1.82) is 0 Å². The number of halogens is 3. The van der Waals surface area contributed by atoms with Crippen LogP contribution in [0.4, 0.5) is 18.9 Å². The lowest BCUT2D eigenvalue weighted by molar-refractivity contribution is -0.137. The van der Waals surface area contributed by atoms with Crippen LogP contribution in [0.3, 0.4) is 0 Å². The highest BCUT2D eigenvalue weighted by Crippen LogP contribution is 2.35. The zero-order valence-electron chi connectivity index (χ0n) is 13.4. The molecule has 1 atom stereocenters. The van der Waals surface area contributed by atoms with E-state index in [2.05, 4.69) is 5.32 Å².